The summed E-state index contributed by atoms with van der Waals surface area (Å²) in [5, 5.41) is 14.8. The second-order valence-electron chi connectivity index (χ2n) is 4.70. The van der Waals surface area contributed by atoms with Gasteiger partial charge in [0.1, 0.15) is 11.1 Å². The standard InChI is InChI=1S/C12H17NO5.W/c1-3-8-16-18-17-11(2)4-6-12(7-5-11)9-10(14)13(12)15;/h4-7,15H,3,8-9H2,1-2H3;. The van der Waals surface area contributed by atoms with Gasteiger partial charge in [-0.1, -0.05) is 24.1 Å². The second-order valence-corrected chi connectivity index (χ2v) is 4.70. The molecule has 1 aliphatic carbocycles. The predicted octanol–water partition coefficient (Wildman–Crippen LogP) is 1.52. The van der Waals surface area contributed by atoms with E-state index in [1.807, 2.05) is 6.92 Å². The quantitative estimate of drug-likeness (QED) is 0.176. The fraction of sp³-hybridized carbons (Fsp3) is 0.583. The van der Waals surface area contributed by atoms with Crippen molar-refractivity contribution >= 4 is 5.91 Å². The van der Waals surface area contributed by atoms with Crippen molar-refractivity contribution in [1.82, 2.24) is 5.06 Å². The molecule has 106 valence electrons. The molecule has 0 aromatic carbocycles. The van der Waals surface area contributed by atoms with Gasteiger partial charge in [-0.05, 0) is 25.5 Å². The first-order chi connectivity index (χ1) is 8.51. The molecule has 1 spiro atoms. The maximum Gasteiger partial charge on any atom is 0.250 e. The van der Waals surface area contributed by atoms with E-state index < -0.39 is 11.1 Å². The molecule has 1 saturated heterocycles. The van der Waals surface area contributed by atoms with Gasteiger partial charge < -0.3 is 0 Å². The number of hydrogen-bond acceptors (Lipinski definition) is 5. The molecule has 0 aromatic heterocycles. The topological polar surface area (TPSA) is 68.2 Å². The van der Waals surface area contributed by atoms with E-state index in [0.29, 0.717) is 11.7 Å². The summed E-state index contributed by atoms with van der Waals surface area (Å²) < 4.78 is 0. The van der Waals surface area contributed by atoms with E-state index in [4.69, 9.17) is 9.78 Å². The van der Waals surface area contributed by atoms with Crippen LogP contribution in [-0.2, 0) is 40.7 Å². The Morgan fingerprint density at radius 2 is 2.00 bits per heavy atom. The number of amides is 1. The number of hydrogen-bond donors (Lipinski definition) is 1. The Hall–Kier alpha value is -0.522. The van der Waals surface area contributed by atoms with Crippen LogP contribution in [0.15, 0.2) is 24.3 Å². The van der Waals surface area contributed by atoms with Crippen LogP contribution in [0.2, 0.25) is 0 Å². The summed E-state index contributed by atoms with van der Waals surface area (Å²) in [4.78, 5) is 20.9. The van der Waals surface area contributed by atoms with Crippen molar-refractivity contribution in [3.63, 3.8) is 0 Å². The molecule has 1 amide bonds. The third-order valence-electron chi connectivity index (χ3n) is 3.02. The first-order valence-electron chi connectivity index (χ1n) is 5.91. The third kappa shape index (κ3) is 3.33. The zero-order chi connectivity index (χ0) is 13.2. The Morgan fingerprint density at radius 1 is 1.37 bits per heavy atom. The number of β-lactam (4-membered cyclic amide) rings is 1. The fourth-order valence-corrected chi connectivity index (χ4v) is 1.79. The molecule has 0 unspecified atom stereocenters. The summed E-state index contributed by atoms with van der Waals surface area (Å²) in [5.74, 6) is -0.295. The first-order valence-corrected chi connectivity index (χ1v) is 5.91. The van der Waals surface area contributed by atoms with Gasteiger partial charge in [0.25, 0.3) is 0 Å². The molecule has 0 bridgehead atoms. The molecule has 0 saturated carbocycles. The fourth-order valence-electron chi connectivity index (χ4n) is 1.79. The van der Waals surface area contributed by atoms with Gasteiger partial charge in [-0.2, -0.15) is 4.89 Å². The zero-order valence-electron chi connectivity index (χ0n) is 10.9. The summed E-state index contributed by atoms with van der Waals surface area (Å²) in [6.07, 6.45) is 7.97. The Balaban J connectivity index is 0.00000180. The van der Waals surface area contributed by atoms with Crippen molar-refractivity contribution in [3.8, 4) is 0 Å². The smallest absolute Gasteiger partial charge is 0.250 e. The first kappa shape index (κ1) is 16.5. The third-order valence-corrected chi connectivity index (χ3v) is 3.02. The molecule has 7 heteroatoms. The number of hydroxylamine groups is 2. The van der Waals surface area contributed by atoms with Crippen LogP contribution in [0.4, 0.5) is 0 Å². The van der Waals surface area contributed by atoms with Crippen LogP contribution in [0, 0.1) is 0 Å². The second kappa shape index (κ2) is 6.29. The molecule has 1 heterocycles. The van der Waals surface area contributed by atoms with Crippen LogP contribution in [0.1, 0.15) is 26.7 Å². The van der Waals surface area contributed by atoms with Crippen molar-refractivity contribution in [2.75, 3.05) is 6.61 Å². The molecule has 0 radical (unpaired) electrons. The van der Waals surface area contributed by atoms with Crippen LogP contribution in [-0.4, -0.2) is 33.9 Å². The van der Waals surface area contributed by atoms with Crippen molar-refractivity contribution in [1.29, 1.82) is 0 Å². The van der Waals surface area contributed by atoms with Crippen molar-refractivity contribution in [2.24, 2.45) is 0 Å². The Morgan fingerprint density at radius 3 is 2.47 bits per heavy atom. The number of carbonyl (C=O) groups is 1. The molecule has 6 nitrogen and oxygen atoms in total. The average Bonchev–Trinajstić information content (AvgIpc) is 2.38. The summed E-state index contributed by atoms with van der Waals surface area (Å²) >= 11 is 0. The van der Waals surface area contributed by atoms with E-state index in [9.17, 15) is 10.0 Å². The molecule has 0 aromatic rings. The molecule has 2 aliphatic rings. The van der Waals surface area contributed by atoms with Crippen LogP contribution in [0.3, 0.4) is 0 Å². The molecule has 0 atom stereocenters. The molecule has 1 aliphatic heterocycles. The van der Waals surface area contributed by atoms with Gasteiger partial charge in [-0.15, -0.1) is 0 Å². The molecule has 1 N–H and O–H groups in total. The largest absolute Gasteiger partial charge is 0.285 e. The molecule has 19 heavy (non-hydrogen) atoms. The van der Waals surface area contributed by atoms with Gasteiger partial charge in [0.2, 0.25) is 5.91 Å². The number of carbonyl (C=O) groups excluding carboxylic acids is 1. The van der Waals surface area contributed by atoms with E-state index in [-0.39, 0.29) is 33.4 Å². The van der Waals surface area contributed by atoms with Gasteiger partial charge in [0, 0.05) is 21.1 Å². The zero-order valence-corrected chi connectivity index (χ0v) is 13.8. The number of nitrogens with zero attached hydrogens (tertiary/aromatic N) is 1. The van der Waals surface area contributed by atoms with Crippen molar-refractivity contribution in [3.05, 3.63) is 24.3 Å². The van der Waals surface area contributed by atoms with Gasteiger partial charge in [0.15, 0.2) is 0 Å². The van der Waals surface area contributed by atoms with E-state index in [0.717, 1.165) is 6.42 Å². The number of rotatable bonds is 5. The van der Waals surface area contributed by atoms with Crippen LogP contribution < -0.4 is 0 Å². The van der Waals surface area contributed by atoms with Crippen LogP contribution in [0.25, 0.3) is 0 Å². The molecular weight excluding hydrogens is 422 g/mol. The van der Waals surface area contributed by atoms with Crippen molar-refractivity contribution in [2.45, 2.75) is 37.8 Å². The molecular formula is C12H17NO5W. The van der Waals surface area contributed by atoms with E-state index in [2.05, 4.69) is 5.04 Å². The Bertz CT molecular complexity index is 382. The van der Waals surface area contributed by atoms with Gasteiger partial charge in [-0.3, -0.25) is 10.0 Å². The summed E-state index contributed by atoms with van der Waals surface area (Å²) in [6, 6.07) is 0. The SMILES string of the molecule is CCCOOOC1(C)C=CC2(C=C1)CC(=O)N2O.[W]. The summed E-state index contributed by atoms with van der Waals surface area (Å²) in [7, 11) is 0. The van der Waals surface area contributed by atoms with Crippen LogP contribution in [0.5, 0.6) is 0 Å². The minimum atomic E-state index is -0.765. The maximum absolute atomic E-state index is 11.0. The van der Waals surface area contributed by atoms with Gasteiger partial charge in [-0.25, -0.2) is 9.95 Å². The Kier molecular flexibility index (Phi) is 5.47. The minimum absolute atomic E-state index is 0. The summed E-state index contributed by atoms with van der Waals surface area (Å²) in [6.45, 7) is 4.19. The minimum Gasteiger partial charge on any atom is -0.285 e. The van der Waals surface area contributed by atoms with E-state index >= 15 is 0 Å². The Labute approximate surface area is 126 Å². The average molecular weight is 439 g/mol. The van der Waals surface area contributed by atoms with E-state index in [1.54, 1.807) is 31.2 Å². The normalized spacial score (nSPS) is 32.4. The van der Waals surface area contributed by atoms with Crippen LogP contribution >= 0.6 is 0 Å². The van der Waals surface area contributed by atoms with Gasteiger partial charge >= 0.3 is 0 Å². The molecule has 1 fully saturated rings. The monoisotopic (exact) mass is 439 g/mol. The molecule has 2 rings (SSSR count). The van der Waals surface area contributed by atoms with Gasteiger partial charge in [0.05, 0.1) is 13.0 Å². The van der Waals surface area contributed by atoms with E-state index in [1.165, 1.54) is 0 Å². The van der Waals surface area contributed by atoms with Crippen molar-refractivity contribution < 1.29 is 45.9 Å². The maximum atomic E-state index is 11.0. The summed E-state index contributed by atoms with van der Waals surface area (Å²) in [5.41, 5.74) is -1.48. The predicted molar refractivity (Wildman–Crippen MR) is 61.1 cm³/mol.